The van der Waals surface area contributed by atoms with E-state index in [0.717, 1.165) is 83.2 Å². The van der Waals surface area contributed by atoms with Crippen molar-refractivity contribution in [1.29, 1.82) is 0 Å². The molecule has 1 fully saturated rings. The third-order valence-electron chi connectivity index (χ3n) is 6.67. The minimum atomic E-state index is 0.397. The van der Waals surface area contributed by atoms with E-state index in [1.54, 1.807) is 0 Å². The molecule has 1 N–H and O–H groups in total. The summed E-state index contributed by atoms with van der Waals surface area (Å²) in [4.78, 5) is 14.1. The Morgan fingerprint density at radius 2 is 1.84 bits per heavy atom. The average Bonchev–Trinajstić information content (AvgIpc) is 2.94. The molecule has 8 heteroatoms. The van der Waals surface area contributed by atoms with Gasteiger partial charge in [0.05, 0.1) is 18.9 Å². The van der Waals surface area contributed by atoms with Crippen LogP contribution in [0, 0.1) is 0 Å². The van der Waals surface area contributed by atoms with Crippen molar-refractivity contribution in [3.8, 4) is 6.01 Å². The first-order valence-corrected chi connectivity index (χ1v) is 14.2. The predicted molar refractivity (Wildman–Crippen MR) is 153 cm³/mol. The molecule has 37 heavy (non-hydrogen) atoms. The van der Waals surface area contributed by atoms with Gasteiger partial charge in [0.25, 0.3) is 0 Å². The first-order chi connectivity index (χ1) is 18.2. The Kier molecular flexibility index (Phi) is 12.1. The molecular formula is C29H46N6O2. The summed E-state index contributed by atoms with van der Waals surface area (Å²) in [6.07, 6.45) is 4.15. The minimum Gasteiger partial charge on any atom is -0.462 e. The van der Waals surface area contributed by atoms with Gasteiger partial charge in [-0.15, -0.1) is 0 Å². The second kappa shape index (κ2) is 15.5. The average molecular weight is 511 g/mol. The maximum absolute atomic E-state index is 6.04. The normalized spacial score (nSPS) is 18.5. The van der Waals surface area contributed by atoms with Crippen molar-refractivity contribution in [2.45, 2.75) is 66.2 Å². The Bertz CT molecular complexity index is 971. The highest BCUT2D eigenvalue weighted by molar-refractivity contribution is 6.03. The lowest BCUT2D eigenvalue weighted by Crippen LogP contribution is -2.38. The van der Waals surface area contributed by atoms with Crippen molar-refractivity contribution in [3.63, 3.8) is 0 Å². The molecule has 8 nitrogen and oxygen atoms in total. The fourth-order valence-electron chi connectivity index (χ4n) is 4.74. The van der Waals surface area contributed by atoms with Crippen molar-refractivity contribution in [2.75, 3.05) is 62.9 Å². The van der Waals surface area contributed by atoms with Crippen molar-refractivity contribution in [2.24, 2.45) is 5.10 Å². The number of nitrogens with one attached hydrogen (secondary N) is 1. The van der Waals surface area contributed by atoms with Gasteiger partial charge in [-0.05, 0) is 37.2 Å². The summed E-state index contributed by atoms with van der Waals surface area (Å²) in [5, 5.41) is 4.80. The lowest BCUT2D eigenvalue weighted by Gasteiger charge is -2.26. The van der Waals surface area contributed by atoms with Crippen LogP contribution in [0.1, 0.15) is 77.3 Å². The zero-order valence-electron chi connectivity index (χ0n) is 23.5. The molecule has 0 radical (unpaired) electrons. The molecule has 204 valence electrons. The highest BCUT2D eigenvalue weighted by atomic mass is 16.5. The number of benzene rings is 1. The van der Waals surface area contributed by atoms with E-state index in [9.17, 15) is 0 Å². The van der Waals surface area contributed by atoms with Gasteiger partial charge in [-0.25, -0.2) is 0 Å². The number of hydrogen-bond acceptors (Lipinski definition) is 8. The highest BCUT2D eigenvalue weighted by Crippen LogP contribution is 2.31. The maximum Gasteiger partial charge on any atom is 0.320 e. The topological polar surface area (TPSA) is 75.1 Å². The summed E-state index contributed by atoms with van der Waals surface area (Å²) in [6, 6.07) is 11.0. The summed E-state index contributed by atoms with van der Waals surface area (Å²) in [7, 11) is 0. The van der Waals surface area contributed by atoms with E-state index in [-0.39, 0.29) is 0 Å². The predicted octanol–water partition coefficient (Wildman–Crippen LogP) is 5.55. The lowest BCUT2D eigenvalue weighted by molar-refractivity contribution is 0.0317. The van der Waals surface area contributed by atoms with E-state index in [1.165, 1.54) is 11.1 Å². The Morgan fingerprint density at radius 1 is 1.11 bits per heavy atom. The number of nitrogens with zero attached hydrogens (tertiary/aromatic N) is 5. The summed E-state index contributed by atoms with van der Waals surface area (Å²) in [6.45, 7) is 17.4. The number of aromatic nitrogens is 2. The molecule has 0 bridgehead atoms. The van der Waals surface area contributed by atoms with Crippen LogP contribution >= 0.6 is 0 Å². The van der Waals surface area contributed by atoms with Crippen LogP contribution in [-0.4, -0.2) is 73.1 Å². The van der Waals surface area contributed by atoms with Crippen LogP contribution in [0.25, 0.3) is 0 Å². The monoisotopic (exact) mass is 510 g/mol. The number of ether oxygens (including phenoxy) is 2. The molecule has 2 aromatic rings. The lowest BCUT2D eigenvalue weighted by atomic mass is 9.83. The third kappa shape index (κ3) is 8.40. The molecule has 2 aliphatic rings. The fourth-order valence-corrected chi connectivity index (χ4v) is 4.74. The molecule has 1 aromatic carbocycles. The zero-order valence-corrected chi connectivity index (χ0v) is 23.5. The number of hydrazone groups is 1. The molecule has 1 aliphatic carbocycles. The molecule has 1 aromatic heterocycles. The first kappa shape index (κ1) is 28.9. The molecule has 0 spiro atoms. The smallest absolute Gasteiger partial charge is 0.320 e. The SMILES string of the molecule is CC.CCCN(CCC)c1cc(N/N=C2\CCC(C)c3ccccc32)nc(OCCN2CCOCC2)n1. The minimum absolute atomic E-state index is 0.397. The van der Waals surface area contributed by atoms with E-state index in [1.807, 2.05) is 19.9 Å². The number of hydrogen-bond donors (Lipinski definition) is 1. The number of anilines is 2. The van der Waals surface area contributed by atoms with E-state index in [0.29, 0.717) is 24.4 Å². The molecule has 4 rings (SSSR count). The van der Waals surface area contributed by atoms with Crippen molar-refractivity contribution in [3.05, 3.63) is 41.5 Å². The second-order valence-electron chi connectivity index (χ2n) is 9.38. The largest absolute Gasteiger partial charge is 0.462 e. The number of fused-ring (bicyclic) bond motifs is 1. The Morgan fingerprint density at radius 3 is 2.57 bits per heavy atom. The van der Waals surface area contributed by atoms with Crippen LogP contribution < -0.4 is 15.1 Å². The van der Waals surface area contributed by atoms with Gasteiger partial charge < -0.3 is 14.4 Å². The van der Waals surface area contributed by atoms with Crippen molar-refractivity contribution >= 4 is 17.3 Å². The van der Waals surface area contributed by atoms with Crippen LogP contribution in [-0.2, 0) is 4.74 Å². The van der Waals surface area contributed by atoms with E-state index >= 15 is 0 Å². The van der Waals surface area contributed by atoms with Crippen LogP contribution in [0.2, 0.25) is 0 Å². The first-order valence-electron chi connectivity index (χ1n) is 14.2. The molecule has 2 heterocycles. The van der Waals surface area contributed by atoms with Crippen LogP contribution in [0.4, 0.5) is 11.6 Å². The number of morpholine rings is 1. The van der Waals surface area contributed by atoms with Gasteiger partial charge in [0.2, 0.25) is 0 Å². The molecular weight excluding hydrogens is 464 g/mol. The van der Waals surface area contributed by atoms with Gasteiger partial charge in [-0.2, -0.15) is 15.1 Å². The van der Waals surface area contributed by atoms with Gasteiger partial charge in [0, 0.05) is 44.4 Å². The highest BCUT2D eigenvalue weighted by Gasteiger charge is 2.21. The Balaban J connectivity index is 0.00000186. The van der Waals surface area contributed by atoms with E-state index in [4.69, 9.17) is 19.6 Å². The molecule has 0 saturated carbocycles. The summed E-state index contributed by atoms with van der Waals surface area (Å²) >= 11 is 0. The summed E-state index contributed by atoms with van der Waals surface area (Å²) in [5.74, 6) is 2.10. The molecule has 1 aliphatic heterocycles. The van der Waals surface area contributed by atoms with Crippen LogP contribution in [0.3, 0.4) is 0 Å². The quantitative estimate of drug-likeness (QED) is 0.397. The summed E-state index contributed by atoms with van der Waals surface area (Å²) in [5.41, 5.74) is 6.91. The molecule has 0 amide bonds. The Labute approximate surface area is 223 Å². The Hall–Kier alpha value is -2.71. The third-order valence-corrected chi connectivity index (χ3v) is 6.67. The van der Waals surface area contributed by atoms with Crippen molar-refractivity contribution in [1.82, 2.24) is 14.9 Å². The van der Waals surface area contributed by atoms with E-state index < -0.39 is 0 Å². The van der Waals surface area contributed by atoms with Gasteiger partial charge >= 0.3 is 6.01 Å². The standard InChI is InChI=1S/C27H40N6O2.C2H6/c1-4-12-33(13-5-2)26-20-25(28-27(29-26)35-19-16-32-14-17-34-18-15-32)31-30-24-11-10-21(3)22-8-6-7-9-23(22)24;1-2/h6-9,20-21H,4-5,10-19H2,1-3H3,(H,28,29,31);1-2H3/b30-24+;. The second-order valence-corrected chi connectivity index (χ2v) is 9.38. The maximum atomic E-state index is 6.04. The van der Waals surface area contributed by atoms with Gasteiger partial charge in [-0.3, -0.25) is 10.3 Å². The molecule has 1 unspecified atom stereocenters. The van der Waals surface area contributed by atoms with Gasteiger partial charge in [-0.1, -0.05) is 58.9 Å². The molecule has 1 atom stereocenters. The van der Waals surface area contributed by atoms with Crippen LogP contribution in [0.15, 0.2) is 35.4 Å². The van der Waals surface area contributed by atoms with Crippen molar-refractivity contribution < 1.29 is 9.47 Å². The van der Waals surface area contributed by atoms with Gasteiger partial charge in [0.1, 0.15) is 12.4 Å². The van der Waals surface area contributed by atoms with Crippen LogP contribution in [0.5, 0.6) is 6.01 Å². The van der Waals surface area contributed by atoms with E-state index in [2.05, 4.69) is 65.2 Å². The zero-order chi connectivity index (χ0) is 26.5. The number of rotatable bonds is 11. The summed E-state index contributed by atoms with van der Waals surface area (Å²) < 4.78 is 11.5. The molecule has 1 saturated heterocycles. The fraction of sp³-hybridized carbons (Fsp3) is 0.621. The van der Waals surface area contributed by atoms with Gasteiger partial charge in [0.15, 0.2) is 5.82 Å².